The van der Waals surface area contributed by atoms with Crippen LogP contribution in [0.3, 0.4) is 0 Å². The molecule has 1 radical (unpaired) electrons. The molecular weight excluding hydrogens is 432 g/mol. The zero-order valence-corrected chi connectivity index (χ0v) is 20.1. The molecule has 3 aliphatic rings. The van der Waals surface area contributed by atoms with Crippen LogP contribution >= 0.6 is 0 Å². The lowest BCUT2D eigenvalue weighted by molar-refractivity contribution is 0.0442. The molecule has 2 aromatic carbocycles. The summed E-state index contributed by atoms with van der Waals surface area (Å²) < 4.78 is 11.4. The lowest BCUT2D eigenvalue weighted by Gasteiger charge is -2.24. The van der Waals surface area contributed by atoms with Gasteiger partial charge in [-0.25, -0.2) is 9.59 Å². The van der Waals surface area contributed by atoms with E-state index in [0.717, 1.165) is 22.3 Å². The van der Waals surface area contributed by atoms with Gasteiger partial charge in [0.25, 0.3) is 0 Å². The lowest BCUT2D eigenvalue weighted by atomic mass is 9.85. The molecule has 0 spiro atoms. The molecule has 2 aliphatic carbocycles. The van der Waals surface area contributed by atoms with Crippen molar-refractivity contribution in [1.29, 1.82) is 0 Å². The predicted molar refractivity (Wildman–Crippen MR) is 125 cm³/mol. The third kappa shape index (κ3) is 2.87. The third-order valence-electron chi connectivity index (χ3n) is 7.31. The average Bonchev–Trinajstić information content (AvgIpc) is 3.50. The SMILES string of the molecule is CCc1c(C)c(Oc2c(C)c(CC)c3c(c2C)C(=O)OC3=O)c(C)c2c1C(=O)CC1=C([CH]1)C2=O. The number of allylic oxidation sites excluding steroid dienone is 2. The summed E-state index contributed by atoms with van der Waals surface area (Å²) in [6.07, 6.45) is 3.12. The van der Waals surface area contributed by atoms with Gasteiger partial charge in [0.05, 0.1) is 11.1 Å². The third-order valence-corrected chi connectivity index (χ3v) is 7.31. The first-order valence-corrected chi connectivity index (χ1v) is 11.5. The Kier molecular flexibility index (Phi) is 4.90. The van der Waals surface area contributed by atoms with Crippen molar-refractivity contribution in [1.82, 2.24) is 0 Å². The second-order valence-corrected chi connectivity index (χ2v) is 9.11. The molecule has 0 atom stereocenters. The van der Waals surface area contributed by atoms with E-state index in [-0.39, 0.29) is 23.6 Å². The van der Waals surface area contributed by atoms with E-state index in [1.165, 1.54) is 0 Å². The standard InChI is InChI=1S/C28H25O6/c1-7-16-11(3)25(13(5)20-22(16)19(29)10-15-9-18(15)24(20)30)33-26-12(4)17(8-2)23-21(14(26)6)27(31)34-28(23)32/h9H,7-8,10H2,1-6H3. The number of benzene rings is 2. The summed E-state index contributed by atoms with van der Waals surface area (Å²) in [7, 11) is 0. The number of rotatable bonds is 4. The number of hydrogen-bond acceptors (Lipinski definition) is 6. The zero-order valence-electron chi connectivity index (χ0n) is 20.1. The molecule has 0 aromatic heterocycles. The molecule has 34 heavy (non-hydrogen) atoms. The van der Waals surface area contributed by atoms with Crippen molar-refractivity contribution in [2.45, 2.75) is 60.8 Å². The Morgan fingerprint density at radius 3 is 1.85 bits per heavy atom. The largest absolute Gasteiger partial charge is 0.456 e. The van der Waals surface area contributed by atoms with Crippen LogP contribution in [0.4, 0.5) is 0 Å². The van der Waals surface area contributed by atoms with Crippen molar-refractivity contribution >= 4 is 23.5 Å². The van der Waals surface area contributed by atoms with E-state index in [0.29, 0.717) is 63.3 Å². The normalized spacial score (nSPS) is 16.3. The highest BCUT2D eigenvalue weighted by Crippen LogP contribution is 2.47. The molecule has 0 unspecified atom stereocenters. The van der Waals surface area contributed by atoms with Crippen LogP contribution in [-0.4, -0.2) is 23.5 Å². The number of fused-ring (bicyclic) bond motifs is 2. The van der Waals surface area contributed by atoms with Crippen molar-refractivity contribution in [3.05, 3.63) is 73.2 Å². The molecule has 0 amide bonds. The fourth-order valence-electron chi connectivity index (χ4n) is 5.56. The number of Topliss-reactive ketones (excluding diaryl/α,β-unsaturated/α-hetero) is 2. The Hall–Kier alpha value is -3.54. The van der Waals surface area contributed by atoms with Crippen molar-refractivity contribution in [3.8, 4) is 11.5 Å². The van der Waals surface area contributed by atoms with Crippen molar-refractivity contribution in [2.75, 3.05) is 0 Å². The molecule has 0 saturated carbocycles. The van der Waals surface area contributed by atoms with Crippen LogP contribution in [0.1, 0.15) is 95.1 Å². The fourth-order valence-corrected chi connectivity index (χ4v) is 5.56. The summed E-state index contributed by atoms with van der Waals surface area (Å²) in [6, 6.07) is 0. The Bertz CT molecular complexity index is 1420. The summed E-state index contributed by atoms with van der Waals surface area (Å²) in [4.78, 5) is 51.2. The number of esters is 2. The van der Waals surface area contributed by atoms with E-state index in [9.17, 15) is 19.2 Å². The minimum atomic E-state index is -0.675. The van der Waals surface area contributed by atoms with E-state index in [1.54, 1.807) is 20.3 Å². The molecule has 6 nitrogen and oxygen atoms in total. The maximum absolute atomic E-state index is 13.3. The van der Waals surface area contributed by atoms with Gasteiger partial charge >= 0.3 is 11.9 Å². The zero-order chi connectivity index (χ0) is 24.6. The Morgan fingerprint density at radius 1 is 0.735 bits per heavy atom. The van der Waals surface area contributed by atoms with E-state index in [4.69, 9.17) is 9.47 Å². The van der Waals surface area contributed by atoms with Crippen LogP contribution in [0.25, 0.3) is 0 Å². The molecule has 2 aromatic rings. The maximum Gasteiger partial charge on any atom is 0.347 e. The number of ether oxygens (including phenoxy) is 2. The second kappa shape index (κ2) is 7.49. The van der Waals surface area contributed by atoms with E-state index in [1.807, 2.05) is 27.7 Å². The summed E-state index contributed by atoms with van der Waals surface area (Å²) in [5.74, 6) is -0.511. The molecule has 1 heterocycles. The highest BCUT2D eigenvalue weighted by atomic mass is 16.6. The van der Waals surface area contributed by atoms with Crippen molar-refractivity contribution in [3.63, 3.8) is 0 Å². The molecule has 1 aliphatic heterocycles. The average molecular weight is 458 g/mol. The molecule has 0 N–H and O–H groups in total. The minimum absolute atomic E-state index is 0.0453. The van der Waals surface area contributed by atoms with Gasteiger partial charge in [-0.05, 0) is 68.4 Å². The maximum atomic E-state index is 13.3. The quantitative estimate of drug-likeness (QED) is 0.449. The first kappa shape index (κ1) is 22.3. The number of cyclic esters (lactones) is 2. The van der Waals surface area contributed by atoms with Gasteiger partial charge < -0.3 is 9.47 Å². The highest BCUT2D eigenvalue weighted by molar-refractivity contribution is 6.25. The van der Waals surface area contributed by atoms with Crippen molar-refractivity contribution < 1.29 is 28.7 Å². The molecule has 0 saturated heterocycles. The van der Waals surface area contributed by atoms with E-state index in [2.05, 4.69) is 0 Å². The minimum Gasteiger partial charge on any atom is -0.456 e. The smallest absolute Gasteiger partial charge is 0.347 e. The van der Waals surface area contributed by atoms with Crippen LogP contribution in [0.5, 0.6) is 11.5 Å². The van der Waals surface area contributed by atoms with Gasteiger partial charge in [0.15, 0.2) is 11.6 Å². The van der Waals surface area contributed by atoms with Gasteiger partial charge in [-0.2, -0.15) is 0 Å². The first-order chi connectivity index (χ1) is 16.1. The van der Waals surface area contributed by atoms with Crippen LogP contribution < -0.4 is 4.74 Å². The molecule has 173 valence electrons. The van der Waals surface area contributed by atoms with Crippen LogP contribution in [-0.2, 0) is 17.6 Å². The summed E-state index contributed by atoms with van der Waals surface area (Å²) in [5, 5.41) is 0. The van der Waals surface area contributed by atoms with Gasteiger partial charge in [-0.3, -0.25) is 9.59 Å². The molecule has 0 bridgehead atoms. The first-order valence-electron chi connectivity index (χ1n) is 11.5. The Balaban J connectivity index is 1.76. The van der Waals surface area contributed by atoms with E-state index < -0.39 is 11.9 Å². The highest BCUT2D eigenvalue weighted by Gasteiger charge is 2.41. The van der Waals surface area contributed by atoms with Gasteiger partial charge in [-0.1, -0.05) is 13.8 Å². The van der Waals surface area contributed by atoms with Gasteiger partial charge in [0.1, 0.15) is 11.5 Å². The van der Waals surface area contributed by atoms with Gasteiger partial charge in [0, 0.05) is 40.7 Å². The summed E-state index contributed by atoms with van der Waals surface area (Å²) >= 11 is 0. The predicted octanol–water partition coefficient (Wildman–Crippen LogP) is 5.43. The number of ketones is 2. The summed E-state index contributed by atoms with van der Waals surface area (Å²) in [6.45, 7) is 11.2. The Labute approximate surface area is 197 Å². The molecule has 0 fully saturated rings. The van der Waals surface area contributed by atoms with Gasteiger partial charge in [-0.15, -0.1) is 0 Å². The van der Waals surface area contributed by atoms with Crippen LogP contribution in [0, 0.1) is 34.1 Å². The Morgan fingerprint density at radius 2 is 1.26 bits per heavy atom. The molecular formula is C28H25O6. The van der Waals surface area contributed by atoms with E-state index >= 15 is 0 Å². The fraction of sp³-hybridized carbons (Fsp3) is 0.321. The van der Waals surface area contributed by atoms with Crippen LogP contribution in [0.2, 0.25) is 0 Å². The van der Waals surface area contributed by atoms with Crippen LogP contribution in [0.15, 0.2) is 11.1 Å². The number of carbonyl (C=O) groups excluding carboxylic acids is 4. The van der Waals surface area contributed by atoms with Crippen molar-refractivity contribution in [2.24, 2.45) is 0 Å². The lowest BCUT2D eigenvalue weighted by Crippen LogP contribution is -2.16. The molecule has 5 rings (SSSR count). The number of carbonyl (C=O) groups is 4. The summed E-state index contributed by atoms with van der Waals surface area (Å²) in [5.41, 5.74) is 7.07. The molecule has 6 heteroatoms. The second-order valence-electron chi connectivity index (χ2n) is 9.11. The number of hydrogen-bond donors (Lipinski definition) is 0. The van der Waals surface area contributed by atoms with Gasteiger partial charge in [0.2, 0.25) is 0 Å². The monoisotopic (exact) mass is 457 g/mol. The topological polar surface area (TPSA) is 86.7 Å².